The van der Waals surface area contributed by atoms with Gasteiger partial charge in [0, 0.05) is 5.56 Å². The lowest BCUT2D eigenvalue weighted by Crippen LogP contribution is -2.07. The number of aliphatic hydroxyl groups is 1. The summed E-state index contributed by atoms with van der Waals surface area (Å²) in [4.78, 5) is 10.6. The number of carbonyl (C=O) groups is 1. The Kier molecular flexibility index (Phi) is 4.34. The second-order valence-electron chi connectivity index (χ2n) is 3.68. The maximum atomic E-state index is 10.6. The van der Waals surface area contributed by atoms with Gasteiger partial charge in [0.2, 0.25) is 0 Å². The maximum Gasteiger partial charge on any atom is 0.306 e. The minimum absolute atomic E-state index is 0.372. The number of rotatable bonds is 5. The molecule has 1 atom stereocenters. The number of methoxy groups -OCH3 is 2. The molecule has 1 aromatic carbocycles. The molecule has 0 amide bonds. The van der Waals surface area contributed by atoms with Gasteiger partial charge in [-0.05, 0) is 24.6 Å². The van der Waals surface area contributed by atoms with Gasteiger partial charge in [0.25, 0.3) is 0 Å². The number of aliphatic carboxylic acids is 1. The Labute approximate surface area is 99.6 Å². The van der Waals surface area contributed by atoms with Gasteiger partial charge in [-0.2, -0.15) is 0 Å². The topological polar surface area (TPSA) is 76.0 Å². The Morgan fingerprint density at radius 2 is 1.88 bits per heavy atom. The Morgan fingerprint density at radius 3 is 2.35 bits per heavy atom. The van der Waals surface area contributed by atoms with Crippen LogP contribution < -0.4 is 9.47 Å². The van der Waals surface area contributed by atoms with Crippen LogP contribution in [0.5, 0.6) is 11.5 Å². The van der Waals surface area contributed by atoms with Crippen molar-refractivity contribution >= 4 is 5.97 Å². The fourth-order valence-electron chi connectivity index (χ4n) is 1.61. The SMILES string of the molecule is COc1cc(C(O)CC(=O)O)c(OC)cc1C. The molecule has 5 nitrogen and oxygen atoms in total. The predicted molar refractivity (Wildman–Crippen MR) is 61.5 cm³/mol. The number of aliphatic hydroxyl groups excluding tert-OH is 1. The van der Waals surface area contributed by atoms with E-state index in [2.05, 4.69) is 0 Å². The first-order chi connectivity index (χ1) is 7.99. The van der Waals surface area contributed by atoms with Gasteiger partial charge in [-0.25, -0.2) is 0 Å². The highest BCUT2D eigenvalue weighted by molar-refractivity contribution is 5.68. The molecule has 0 aliphatic carbocycles. The predicted octanol–water partition coefficient (Wildman–Crippen LogP) is 1.52. The molecule has 1 aromatic rings. The van der Waals surface area contributed by atoms with Gasteiger partial charge in [-0.1, -0.05) is 0 Å². The monoisotopic (exact) mass is 240 g/mol. The van der Waals surface area contributed by atoms with E-state index in [9.17, 15) is 9.90 Å². The number of carboxylic acid groups (broad SMARTS) is 1. The van der Waals surface area contributed by atoms with Crippen LogP contribution in [-0.2, 0) is 4.79 Å². The van der Waals surface area contributed by atoms with Crippen molar-refractivity contribution in [1.29, 1.82) is 0 Å². The van der Waals surface area contributed by atoms with Crippen molar-refractivity contribution in [3.63, 3.8) is 0 Å². The minimum atomic E-state index is -1.11. The number of carboxylic acids is 1. The highest BCUT2D eigenvalue weighted by Gasteiger charge is 2.18. The number of aryl methyl sites for hydroxylation is 1. The van der Waals surface area contributed by atoms with Crippen LogP contribution in [0.2, 0.25) is 0 Å². The van der Waals surface area contributed by atoms with Crippen LogP contribution in [0.4, 0.5) is 0 Å². The zero-order valence-corrected chi connectivity index (χ0v) is 10.1. The van der Waals surface area contributed by atoms with Gasteiger partial charge in [0.05, 0.1) is 26.7 Å². The average Bonchev–Trinajstić information content (AvgIpc) is 2.27. The highest BCUT2D eigenvalue weighted by Crippen LogP contribution is 2.33. The summed E-state index contributed by atoms with van der Waals surface area (Å²) in [6.07, 6.45) is -1.49. The molecule has 5 heteroatoms. The molecule has 0 aliphatic rings. The van der Waals surface area contributed by atoms with Crippen molar-refractivity contribution in [2.24, 2.45) is 0 Å². The molecule has 1 unspecified atom stereocenters. The zero-order chi connectivity index (χ0) is 13.0. The maximum absolute atomic E-state index is 10.6. The fourth-order valence-corrected chi connectivity index (χ4v) is 1.61. The Hall–Kier alpha value is -1.75. The van der Waals surface area contributed by atoms with Crippen molar-refractivity contribution in [1.82, 2.24) is 0 Å². The standard InChI is InChI=1S/C12H16O5/c1-7-4-11(17-3)8(5-10(7)16-2)9(13)6-12(14)15/h4-5,9,13H,6H2,1-3H3,(H,14,15). The second-order valence-corrected chi connectivity index (χ2v) is 3.68. The molecule has 0 aromatic heterocycles. The van der Waals surface area contributed by atoms with Gasteiger partial charge in [-0.15, -0.1) is 0 Å². The van der Waals surface area contributed by atoms with Crippen molar-refractivity contribution in [3.8, 4) is 11.5 Å². The first-order valence-electron chi connectivity index (χ1n) is 5.12. The lowest BCUT2D eigenvalue weighted by atomic mass is 10.0. The summed E-state index contributed by atoms with van der Waals surface area (Å²) in [6, 6.07) is 3.31. The summed E-state index contributed by atoms with van der Waals surface area (Å²) in [7, 11) is 2.99. The second kappa shape index (κ2) is 5.54. The molecule has 0 fully saturated rings. The smallest absolute Gasteiger partial charge is 0.306 e. The van der Waals surface area contributed by atoms with Crippen molar-refractivity contribution in [2.75, 3.05) is 14.2 Å². The summed E-state index contributed by atoms with van der Waals surface area (Å²) in [5, 5.41) is 18.5. The molecule has 0 aliphatic heterocycles. The summed E-state index contributed by atoms with van der Waals surface area (Å²) in [5.74, 6) is -0.0265. The van der Waals surface area contributed by atoms with Crippen LogP contribution in [-0.4, -0.2) is 30.4 Å². The zero-order valence-electron chi connectivity index (χ0n) is 10.1. The Morgan fingerprint density at radius 1 is 1.29 bits per heavy atom. The van der Waals surface area contributed by atoms with Crippen molar-refractivity contribution < 1.29 is 24.5 Å². The third kappa shape index (κ3) is 3.10. The molecule has 94 valence electrons. The van der Waals surface area contributed by atoms with E-state index in [0.29, 0.717) is 17.1 Å². The quantitative estimate of drug-likeness (QED) is 0.816. The average molecular weight is 240 g/mol. The molecule has 0 saturated heterocycles. The first-order valence-corrected chi connectivity index (χ1v) is 5.12. The third-order valence-electron chi connectivity index (χ3n) is 2.47. The van der Waals surface area contributed by atoms with E-state index >= 15 is 0 Å². The van der Waals surface area contributed by atoms with Gasteiger partial charge >= 0.3 is 5.97 Å². The Bertz CT molecular complexity index is 414. The van der Waals surface area contributed by atoms with Crippen LogP contribution >= 0.6 is 0 Å². The van der Waals surface area contributed by atoms with E-state index in [1.807, 2.05) is 6.92 Å². The molecule has 2 N–H and O–H groups in total. The molecular weight excluding hydrogens is 224 g/mol. The van der Waals surface area contributed by atoms with E-state index in [4.69, 9.17) is 14.6 Å². The van der Waals surface area contributed by atoms with Crippen LogP contribution in [0.15, 0.2) is 12.1 Å². The Balaban J connectivity index is 3.15. The summed E-state index contributed by atoms with van der Waals surface area (Å²) in [5.41, 5.74) is 1.27. The van der Waals surface area contributed by atoms with Crippen molar-refractivity contribution in [2.45, 2.75) is 19.4 Å². The summed E-state index contributed by atoms with van der Waals surface area (Å²) < 4.78 is 10.2. The van der Waals surface area contributed by atoms with Gasteiger partial charge in [-0.3, -0.25) is 4.79 Å². The van der Waals surface area contributed by atoms with Gasteiger partial charge in [0.1, 0.15) is 11.5 Å². The summed E-state index contributed by atoms with van der Waals surface area (Å²) >= 11 is 0. The number of hydrogen-bond donors (Lipinski definition) is 2. The molecule has 0 bridgehead atoms. The molecule has 0 radical (unpaired) electrons. The fraction of sp³-hybridized carbons (Fsp3) is 0.417. The van der Waals surface area contributed by atoms with Crippen molar-refractivity contribution in [3.05, 3.63) is 23.3 Å². The molecule has 17 heavy (non-hydrogen) atoms. The van der Waals surface area contributed by atoms with E-state index in [1.54, 1.807) is 12.1 Å². The number of benzene rings is 1. The summed E-state index contributed by atoms with van der Waals surface area (Å²) in [6.45, 7) is 1.84. The van der Waals surface area contributed by atoms with Crippen LogP contribution in [0, 0.1) is 6.92 Å². The first kappa shape index (κ1) is 13.3. The van der Waals surface area contributed by atoms with Gasteiger partial charge < -0.3 is 19.7 Å². The molecule has 0 heterocycles. The number of hydrogen-bond acceptors (Lipinski definition) is 4. The molecular formula is C12H16O5. The van der Waals surface area contributed by atoms with E-state index < -0.39 is 12.1 Å². The van der Waals surface area contributed by atoms with E-state index in [-0.39, 0.29) is 6.42 Å². The van der Waals surface area contributed by atoms with Crippen LogP contribution in [0.1, 0.15) is 23.7 Å². The van der Waals surface area contributed by atoms with Crippen LogP contribution in [0.3, 0.4) is 0 Å². The van der Waals surface area contributed by atoms with Gasteiger partial charge in [0.15, 0.2) is 0 Å². The highest BCUT2D eigenvalue weighted by atomic mass is 16.5. The molecule has 1 rings (SSSR count). The normalized spacial score (nSPS) is 12.0. The minimum Gasteiger partial charge on any atom is -0.496 e. The largest absolute Gasteiger partial charge is 0.496 e. The third-order valence-corrected chi connectivity index (χ3v) is 2.47. The van der Waals surface area contributed by atoms with E-state index in [0.717, 1.165) is 5.56 Å². The number of ether oxygens (including phenoxy) is 2. The lowest BCUT2D eigenvalue weighted by molar-refractivity contribution is -0.139. The van der Waals surface area contributed by atoms with E-state index in [1.165, 1.54) is 14.2 Å². The molecule has 0 saturated carbocycles. The molecule has 0 spiro atoms. The van der Waals surface area contributed by atoms with Crippen LogP contribution in [0.25, 0.3) is 0 Å². The lowest BCUT2D eigenvalue weighted by Gasteiger charge is -2.16.